The number of pyridine rings is 1. The first kappa shape index (κ1) is 7.30. The van der Waals surface area contributed by atoms with Crippen LogP contribution in [-0.4, -0.2) is 13.7 Å². The molecule has 1 N–H and O–H groups in total. The van der Waals surface area contributed by atoms with Gasteiger partial charge in [0.1, 0.15) is 0 Å². The van der Waals surface area contributed by atoms with Crippen molar-refractivity contribution in [3.63, 3.8) is 0 Å². The van der Waals surface area contributed by atoms with Gasteiger partial charge in [-0.05, 0) is 6.07 Å². The third-order valence-electron chi connectivity index (χ3n) is 0.900. The molecule has 1 atom stereocenters. The highest BCUT2D eigenvalue weighted by molar-refractivity contribution is 7.79. The Hall–Kier alpha value is -0.810. The van der Waals surface area contributed by atoms with Crippen molar-refractivity contribution in [2.45, 2.75) is 4.90 Å². The van der Waals surface area contributed by atoms with Crippen molar-refractivity contribution in [1.29, 1.82) is 0 Å². The van der Waals surface area contributed by atoms with E-state index in [-0.39, 0.29) is 4.90 Å². The van der Waals surface area contributed by atoms with Crippen LogP contribution in [0.25, 0.3) is 0 Å². The van der Waals surface area contributed by atoms with Crippen LogP contribution in [0.5, 0.6) is 0 Å². The SMILES string of the molecule is O=S(O)c1ccnc(F)c1. The maximum Gasteiger partial charge on any atom is 0.214 e. The molecule has 3 nitrogen and oxygen atoms in total. The molecule has 0 aliphatic rings. The Morgan fingerprint density at radius 3 is 2.80 bits per heavy atom. The summed E-state index contributed by atoms with van der Waals surface area (Å²) in [7, 11) is 0. The highest BCUT2D eigenvalue weighted by Crippen LogP contribution is 2.03. The van der Waals surface area contributed by atoms with E-state index in [1.807, 2.05) is 0 Å². The summed E-state index contributed by atoms with van der Waals surface area (Å²) in [4.78, 5) is 3.23. The maximum atomic E-state index is 12.2. The fourth-order valence-corrected chi connectivity index (χ4v) is 0.869. The van der Waals surface area contributed by atoms with Crippen LogP contribution in [0.15, 0.2) is 23.2 Å². The van der Waals surface area contributed by atoms with Gasteiger partial charge in [0.05, 0.1) is 4.90 Å². The maximum absolute atomic E-state index is 12.2. The molecule has 54 valence electrons. The van der Waals surface area contributed by atoms with Crippen LogP contribution < -0.4 is 0 Å². The lowest BCUT2D eigenvalue weighted by atomic mass is 10.5. The molecule has 0 aliphatic heterocycles. The van der Waals surface area contributed by atoms with Gasteiger partial charge < -0.3 is 4.55 Å². The number of nitrogens with zero attached hydrogens (tertiary/aromatic N) is 1. The third-order valence-corrected chi connectivity index (χ3v) is 1.56. The molecule has 1 aromatic heterocycles. The summed E-state index contributed by atoms with van der Waals surface area (Å²) in [5.74, 6) is -0.750. The highest BCUT2D eigenvalue weighted by atomic mass is 32.2. The first-order chi connectivity index (χ1) is 4.70. The summed E-state index contributed by atoms with van der Waals surface area (Å²) in [6, 6.07) is 2.19. The molecule has 0 saturated heterocycles. The molecule has 1 rings (SSSR count). The van der Waals surface area contributed by atoms with Crippen LogP contribution in [0.3, 0.4) is 0 Å². The zero-order chi connectivity index (χ0) is 7.56. The molecule has 1 unspecified atom stereocenters. The van der Waals surface area contributed by atoms with Gasteiger partial charge >= 0.3 is 0 Å². The predicted octanol–water partition coefficient (Wildman–Crippen LogP) is 0.801. The molecule has 0 saturated carbocycles. The summed E-state index contributed by atoms with van der Waals surface area (Å²) in [5.41, 5.74) is 0. The smallest absolute Gasteiger partial charge is 0.214 e. The number of hydrogen-bond acceptors (Lipinski definition) is 2. The van der Waals surface area contributed by atoms with Crippen molar-refractivity contribution in [2.75, 3.05) is 0 Å². The molecule has 0 spiro atoms. The third kappa shape index (κ3) is 1.58. The number of hydrogen-bond donors (Lipinski definition) is 1. The zero-order valence-electron chi connectivity index (χ0n) is 4.82. The van der Waals surface area contributed by atoms with Gasteiger partial charge in [0.25, 0.3) is 0 Å². The Morgan fingerprint density at radius 2 is 2.40 bits per heavy atom. The molecule has 0 radical (unpaired) electrons. The van der Waals surface area contributed by atoms with Gasteiger partial charge in [0.15, 0.2) is 11.1 Å². The van der Waals surface area contributed by atoms with Gasteiger partial charge in [0.2, 0.25) is 5.95 Å². The Kier molecular flexibility index (Phi) is 2.08. The summed E-state index contributed by atoms with van der Waals surface area (Å²) < 4.78 is 30.9. The van der Waals surface area contributed by atoms with E-state index in [0.717, 1.165) is 12.3 Å². The van der Waals surface area contributed by atoms with Crippen molar-refractivity contribution in [3.8, 4) is 0 Å². The molecule has 0 fully saturated rings. The average molecular weight is 161 g/mol. The van der Waals surface area contributed by atoms with Crippen molar-refractivity contribution in [1.82, 2.24) is 4.98 Å². The largest absolute Gasteiger partial charge is 0.302 e. The van der Waals surface area contributed by atoms with Crippen molar-refractivity contribution >= 4 is 11.1 Å². The van der Waals surface area contributed by atoms with Crippen molar-refractivity contribution < 1.29 is 13.2 Å². The van der Waals surface area contributed by atoms with E-state index in [0.29, 0.717) is 0 Å². The van der Waals surface area contributed by atoms with Gasteiger partial charge in [-0.15, -0.1) is 0 Å². The van der Waals surface area contributed by atoms with Crippen LogP contribution in [0, 0.1) is 5.95 Å². The monoisotopic (exact) mass is 161 g/mol. The van der Waals surface area contributed by atoms with Gasteiger partial charge in [-0.1, -0.05) is 0 Å². The van der Waals surface area contributed by atoms with E-state index in [2.05, 4.69) is 4.98 Å². The van der Waals surface area contributed by atoms with Crippen molar-refractivity contribution in [3.05, 3.63) is 24.3 Å². The fourth-order valence-electron chi connectivity index (χ4n) is 0.493. The van der Waals surface area contributed by atoms with Gasteiger partial charge in [-0.3, -0.25) is 0 Å². The Morgan fingerprint density at radius 1 is 1.70 bits per heavy atom. The van der Waals surface area contributed by atoms with Crippen LogP contribution >= 0.6 is 0 Å². The van der Waals surface area contributed by atoms with E-state index in [9.17, 15) is 8.60 Å². The van der Waals surface area contributed by atoms with Crippen LogP contribution in [0.4, 0.5) is 4.39 Å². The standard InChI is InChI=1S/C5H4FNO2S/c6-5-3-4(10(8)9)1-2-7-5/h1-3H,(H,8,9). The lowest BCUT2D eigenvalue weighted by molar-refractivity contribution is 0.555. The van der Waals surface area contributed by atoms with E-state index >= 15 is 0 Å². The lowest BCUT2D eigenvalue weighted by Crippen LogP contribution is -1.90. The average Bonchev–Trinajstić information content (AvgIpc) is 1.88. The summed E-state index contributed by atoms with van der Waals surface area (Å²) in [5, 5.41) is 0. The Bertz CT molecular complexity index is 266. The molecule has 1 aromatic rings. The summed E-state index contributed by atoms with van der Waals surface area (Å²) in [6.07, 6.45) is 1.14. The van der Waals surface area contributed by atoms with Crippen molar-refractivity contribution in [2.24, 2.45) is 0 Å². The second-order valence-electron chi connectivity index (χ2n) is 1.56. The minimum atomic E-state index is -2.12. The lowest BCUT2D eigenvalue weighted by Gasteiger charge is -1.91. The topological polar surface area (TPSA) is 50.2 Å². The number of aromatic nitrogens is 1. The molecule has 0 bridgehead atoms. The second kappa shape index (κ2) is 2.85. The molecule has 0 aromatic carbocycles. The summed E-state index contributed by atoms with van der Waals surface area (Å²) in [6.45, 7) is 0. The van der Waals surface area contributed by atoms with Gasteiger partial charge in [0, 0.05) is 12.3 Å². The van der Waals surface area contributed by atoms with E-state index in [1.54, 1.807) is 0 Å². The van der Waals surface area contributed by atoms with Gasteiger partial charge in [-0.25, -0.2) is 9.19 Å². The van der Waals surface area contributed by atoms with Gasteiger partial charge in [-0.2, -0.15) is 4.39 Å². The number of halogens is 1. The zero-order valence-corrected chi connectivity index (χ0v) is 5.64. The number of rotatable bonds is 1. The minimum absolute atomic E-state index is 0.0208. The van der Waals surface area contributed by atoms with Crippen LogP contribution in [0.2, 0.25) is 0 Å². The molecule has 5 heteroatoms. The van der Waals surface area contributed by atoms with E-state index in [1.165, 1.54) is 6.07 Å². The van der Waals surface area contributed by atoms with E-state index in [4.69, 9.17) is 4.55 Å². The molecular weight excluding hydrogens is 157 g/mol. The molecule has 1 heterocycles. The fraction of sp³-hybridized carbons (Fsp3) is 0. The molecule has 10 heavy (non-hydrogen) atoms. The summed E-state index contributed by atoms with van der Waals surface area (Å²) >= 11 is -2.12. The first-order valence-electron chi connectivity index (χ1n) is 2.42. The van der Waals surface area contributed by atoms with Crippen LogP contribution in [0.1, 0.15) is 0 Å². The normalized spacial score (nSPS) is 13.0. The Labute approximate surface area is 59.2 Å². The highest BCUT2D eigenvalue weighted by Gasteiger charge is 1.99. The second-order valence-corrected chi connectivity index (χ2v) is 2.53. The molecular formula is C5H4FNO2S. The molecule has 0 amide bonds. The quantitative estimate of drug-likeness (QED) is 0.489. The first-order valence-corrected chi connectivity index (χ1v) is 3.53. The minimum Gasteiger partial charge on any atom is -0.302 e. The predicted molar refractivity (Wildman–Crippen MR) is 33.2 cm³/mol. The van der Waals surface area contributed by atoms with Crippen LogP contribution in [-0.2, 0) is 11.1 Å². The van der Waals surface area contributed by atoms with E-state index < -0.39 is 17.0 Å². The Balaban J connectivity index is 3.07. The molecule has 0 aliphatic carbocycles.